The minimum absolute atomic E-state index is 0. The Bertz CT molecular complexity index is 919. The topological polar surface area (TPSA) is 0 Å². The van der Waals surface area contributed by atoms with Gasteiger partial charge in [-0.15, -0.1) is 24.8 Å². The average Bonchev–Trinajstić information content (AvgIpc) is 3.14. The third kappa shape index (κ3) is 3.07. The Labute approximate surface area is 163 Å². The Balaban J connectivity index is 0.00000104. The standard InChI is InChI=1S/C13H9.C5H5.2CH3.2ClH.GeH2.Zr/c1-3-7-12-10(5-1)9-11-6-2-4-8-13(11)12;1-2-4-5-3-1;;;;;;/h1-5,7-8H,9H2;1-3H,4H2;2*1H3;2*1H;1H2;. The molecular formula is C20H24Cl2GeZr. The third-order valence-electron chi connectivity index (χ3n) is 5.52. The van der Waals surface area contributed by atoms with E-state index in [9.17, 15) is 0 Å². The van der Waals surface area contributed by atoms with Gasteiger partial charge in [0.15, 0.2) is 0 Å². The van der Waals surface area contributed by atoms with Crippen molar-refractivity contribution in [1.29, 1.82) is 0 Å². The molecule has 0 N–H and O–H groups in total. The molecule has 2 aliphatic carbocycles. The number of halogens is 2. The van der Waals surface area contributed by atoms with E-state index in [0.717, 1.165) is 6.42 Å². The van der Waals surface area contributed by atoms with Crippen LogP contribution in [-0.2, 0) is 22.1 Å². The summed E-state index contributed by atoms with van der Waals surface area (Å²) in [4.78, 5) is 0. The first kappa shape index (κ1) is 20.2. The van der Waals surface area contributed by atoms with Crippen molar-refractivity contribution in [3.05, 3.63) is 75.1 Å². The fourth-order valence-corrected chi connectivity index (χ4v) is 20.3. The van der Waals surface area contributed by atoms with Crippen molar-refractivity contribution >= 4 is 40.2 Å². The fraction of sp³-hybridized carbons (Fsp3) is 0.200. The summed E-state index contributed by atoms with van der Waals surface area (Å²) in [6, 6.07) is 16.0. The SMILES string of the molecule is Cl.Cl.[CH3][Zr]([CH3])(=[GeH2])([C]1=CC=CC1)[c]1cccc2c1Cc1ccccc1-2. The molecule has 2 aromatic carbocycles. The number of hydrogen-bond acceptors (Lipinski definition) is 0. The molecule has 0 bridgehead atoms. The molecule has 0 atom stereocenters. The van der Waals surface area contributed by atoms with Crippen LogP contribution in [0.1, 0.15) is 17.5 Å². The van der Waals surface area contributed by atoms with Crippen molar-refractivity contribution in [1.82, 2.24) is 0 Å². The van der Waals surface area contributed by atoms with Gasteiger partial charge in [-0.05, 0) is 0 Å². The van der Waals surface area contributed by atoms with E-state index >= 15 is 0 Å². The summed E-state index contributed by atoms with van der Waals surface area (Å²) < 4.78 is 8.81. The molecule has 0 heterocycles. The van der Waals surface area contributed by atoms with Crippen molar-refractivity contribution < 1.29 is 15.7 Å². The second-order valence-corrected chi connectivity index (χ2v) is 50.1. The van der Waals surface area contributed by atoms with Gasteiger partial charge in [-0.2, -0.15) is 0 Å². The Kier molecular flexibility index (Phi) is 5.83. The first-order valence-corrected chi connectivity index (χ1v) is 26.0. The summed E-state index contributed by atoms with van der Waals surface area (Å²) in [6.45, 7) is 0. The van der Waals surface area contributed by atoms with E-state index in [1.54, 1.807) is 12.1 Å². The average molecular weight is 499 g/mol. The molecule has 0 nitrogen and oxygen atoms in total. The van der Waals surface area contributed by atoms with Crippen LogP contribution >= 0.6 is 24.8 Å². The van der Waals surface area contributed by atoms with Crippen molar-refractivity contribution in [2.24, 2.45) is 0 Å². The van der Waals surface area contributed by atoms with Crippen LogP contribution in [0, 0.1) is 0 Å². The van der Waals surface area contributed by atoms with Crippen molar-refractivity contribution in [3.8, 4) is 11.1 Å². The van der Waals surface area contributed by atoms with Crippen LogP contribution in [0.2, 0.25) is 9.26 Å². The molecule has 0 saturated carbocycles. The Morgan fingerprint density at radius 2 is 1.62 bits per heavy atom. The molecule has 0 amide bonds. The van der Waals surface area contributed by atoms with Gasteiger partial charge in [-0.3, -0.25) is 0 Å². The van der Waals surface area contributed by atoms with Gasteiger partial charge in [0.1, 0.15) is 0 Å². The molecule has 126 valence electrons. The molecule has 0 fully saturated rings. The zero-order valence-corrected chi connectivity index (χ0v) is 21.3. The van der Waals surface area contributed by atoms with Crippen LogP contribution in [0.4, 0.5) is 0 Å². The van der Waals surface area contributed by atoms with Gasteiger partial charge in [0.2, 0.25) is 0 Å². The van der Waals surface area contributed by atoms with Gasteiger partial charge in [0.25, 0.3) is 0 Å². The maximum atomic E-state index is 2.65. The van der Waals surface area contributed by atoms with Crippen molar-refractivity contribution in [3.63, 3.8) is 0 Å². The van der Waals surface area contributed by atoms with E-state index in [-0.39, 0.29) is 24.8 Å². The third-order valence-corrected chi connectivity index (χ3v) is 27.3. The summed E-state index contributed by atoms with van der Waals surface area (Å²) in [5.74, 6) is 0. The van der Waals surface area contributed by atoms with Crippen molar-refractivity contribution in [2.75, 3.05) is 0 Å². The molecule has 0 aromatic heterocycles. The Morgan fingerprint density at radius 3 is 2.33 bits per heavy atom. The van der Waals surface area contributed by atoms with E-state index < -0.39 is 15.7 Å². The van der Waals surface area contributed by atoms with E-state index in [1.165, 1.54) is 35.3 Å². The number of benzene rings is 2. The maximum absolute atomic E-state index is 2.93. The molecule has 0 aliphatic heterocycles. The molecule has 0 spiro atoms. The molecule has 0 saturated heterocycles. The van der Waals surface area contributed by atoms with Crippen molar-refractivity contribution in [2.45, 2.75) is 22.1 Å². The molecular weight excluding hydrogens is 475 g/mol. The fourth-order valence-electron chi connectivity index (χ4n) is 4.12. The second kappa shape index (κ2) is 6.91. The molecule has 2 aliphatic rings. The van der Waals surface area contributed by atoms with Crippen LogP contribution in [0.25, 0.3) is 11.1 Å². The van der Waals surface area contributed by atoms with Gasteiger partial charge in [0, 0.05) is 0 Å². The van der Waals surface area contributed by atoms with Crippen LogP contribution in [0.15, 0.2) is 64.0 Å². The van der Waals surface area contributed by atoms with Crippen LogP contribution in [0.3, 0.4) is 0 Å². The molecule has 2 aromatic rings. The summed E-state index contributed by atoms with van der Waals surface area (Å²) in [5, 5.41) is 0. The van der Waals surface area contributed by atoms with Crippen LogP contribution in [0.5, 0.6) is 0 Å². The first-order valence-electron chi connectivity index (χ1n) is 8.10. The number of hydrogen-bond donors (Lipinski definition) is 0. The Morgan fingerprint density at radius 1 is 0.917 bits per heavy atom. The predicted octanol–water partition coefficient (Wildman–Crippen LogP) is 4.90. The normalized spacial score (nSPS) is 15.0. The van der Waals surface area contributed by atoms with Crippen LogP contribution < -0.4 is 3.27 Å². The zero-order chi connectivity index (χ0) is 15.4. The van der Waals surface area contributed by atoms with E-state index in [1.807, 2.05) is 0 Å². The molecule has 4 rings (SSSR count). The van der Waals surface area contributed by atoms with Gasteiger partial charge in [-0.25, -0.2) is 0 Å². The second-order valence-electron chi connectivity index (χ2n) is 7.68. The summed E-state index contributed by atoms with van der Waals surface area (Å²) in [5.41, 5.74) is 6.10. The van der Waals surface area contributed by atoms with Gasteiger partial charge in [0.05, 0.1) is 0 Å². The first-order chi connectivity index (χ1) is 10.5. The molecule has 0 unspecified atom stereocenters. The van der Waals surface area contributed by atoms with E-state index in [4.69, 9.17) is 0 Å². The van der Waals surface area contributed by atoms with Gasteiger partial charge in [-0.1, -0.05) is 0 Å². The number of allylic oxidation sites excluding steroid dienone is 4. The number of fused-ring (bicyclic) bond motifs is 3. The van der Waals surface area contributed by atoms with E-state index in [0.29, 0.717) is 0 Å². The number of rotatable bonds is 2. The predicted molar refractivity (Wildman–Crippen MR) is 111 cm³/mol. The zero-order valence-electron chi connectivity index (χ0n) is 14.2. The Hall–Kier alpha value is -0.0740. The quantitative estimate of drug-likeness (QED) is 0.441. The minimum atomic E-state index is -2.93. The van der Waals surface area contributed by atoms with Crippen LogP contribution in [-0.4, -0.2) is 12.1 Å². The summed E-state index contributed by atoms with van der Waals surface area (Å²) in [6.07, 6.45) is 9.35. The molecule has 24 heavy (non-hydrogen) atoms. The molecule has 0 radical (unpaired) electrons. The summed E-state index contributed by atoms with van der Waals surface area (Å²) in [7, 11) is 0. The van der Waals surface area contributed by atoms with E-state index in [2.05, 4.69) is 70.0 Å². The summed E-state index contributed by atoms with van der Waals surface area (Å²) >= 11 is -1.48. The van der Waals surface area contributed by atoms with Gasteiger partial charge >= 0.3 is 139 Å². The molecule has 4 heteroatoms. The monoisotopic (exact) mass is 498 g/mol. The van der Waals surface area contributed by atoms with Gasteiger partial charge < -0.3 is 0 Å².